The summed E-state index contributed by atoms with van der Waals surface area (Å²) < 4.78 is 0. The molecule has 0 bridgehead atoms. The molecular formula is C18H18S. The Morgan fingerprint density at radius 2 is 1.74 bits per heavy atom. The van der Waals surface area contributed by atoms with Gasteiger partial charge in [0.1, 0.15) is 0 Å². The van der Waals surface area contributed by atoms with E-state index in [1.165, 1.54) is 21.6 Å². The highest BCUT2D eigenvalue weighted by Gasteiger charge is 2.02. The number of benzene rings is 2. The van der Waals surface area contributed by atoms with Gasteiger partial charge >= 0.3 is 0 Å². The molecule has 0 amide bonds. The van der Waals surface area contributed by atoms with Gasteiger partial charge in [-0.25, -0.2) is 0 Å². The molecule has 0 aliphatic carbocycles. The molecule has 0 unspecified atom stereocenters. The summed E-state index contributed by atoms with van der Waals surface area (Å²) in [6.45, 7) is 5.92. The average molecular weight is 266 g/mol. The Labute approximate surface area is 119 Å². The van der Waals surface area contributed by atoms with Crippen LogP contribution in [0.15, 0.2) is 73.3 Å². The first-order valence-corrected chi connectivity index (χ1v) is 7.34. The molecule has 0 aliphatic heterocycles. The normalized spacial score (nSPS) is 11.3. The van der Waals surface area contributed by atoms with E-state index in [9.17, 15) is 0 Å². The van der Waals surface area contributed by atoms with E-state index in [0.717, 1.165) is 5.75 Å². The third kappa shape index (κ3) is 4.15. The smallest absolute Gasteiger partial charge is 0.0232 e. The summed E-state index contributed by atoms with van der Waals surface area (Å²) in [5.41, 5.74) is 3.88. The van der Waals surface area contributed by atoms with E-state index < -0.39 is 0 Å². The second kappa shape index (κ2) is 7.01. The number of aryl methyl sites for hydroxylation is 1. The van der Waals surface area contributed by atoms with Gasteiger partial charge in [0.25, 0.3) is 0 Å². The zero-order chi connectivity index (χ0) is 13.5. The van der Waals surface area contributed by atoms with Crippen molar-refractivity contribution in [2.75, 3.05) is 0 Å². The fraction of sp³-hybridized carbons (Fsp3) is 0.111. The van der Waals surface area contributed by atoms with Crippen LogP contribution in [0, 0.1) is 6.92 Å². The standard InChI is InChI=1S/C18H18S/c1-3-7-18(17-12-10-15(2)11-13-17)19-14-16-8-5-4-6-9-16/h3-13H,1,14H2,2H3/b18-7-. The SMILES string of the molecule is C=C/C=C(\SCc1ccccc1)c1ccc(C)cc1. The summed E-state index contributed by atoms with van der Waals surface area (Å²) in [6, 6.07) is 19.2. The molecule has 96 valence electrons. The van der Waals surface area contributed by atoms with Crippen molar-refractivity contribution < 1.29 is 0 Å². The van der Waals surface area contributed by atoms with Gasteiger partial charge in [0.05, 0.1) is 0 Å². The molecule has 0 aliphatic rings. The summed E-state index contributed by atoms with van der Waals surface area (Å²) in [6.07, 6.45) is 3.94. The van der Waals surface area contributed by atoms with Crippen LogP contribution >= 0.6 is 11.8 Å². The van der Waals surface area contributed by atoms with Crippen molar-refractivity contribution in [2.45, 2.75) is 12.7 Å². The Morgan fingerprint density at radius 1 is 1.05 bits per heavy atom. The predicted octanol–water partition coefficient (Wildman–Crippen LogP) is 5.46. The van der Waals surface area contributed by atoms with E-state index in [-0.39, 0.29) is 0 Å². The maximum Gasteiger partial charge on any atom is 0.0232 e. The van der Waals surface area contributed by atoms with Gasteiger partial charge in [-0.05, 0) is 24.1 Å². The van der Waals surface area contributed by atoms with Crippen molar-refractivity contribution in [3.8, 4) is 0 Å². The molecule has 0 spiro atoms. The van der Waals surface area contributed by atoms with Crippen molar-refractivity contribution in [3.63, 3.8) is 0 Å². The summed E-state index contributed by atoms with van der Waals surface area (Å²) in [7, 11) is 0. The number of thioether (sulfide) groups is 1. The minimum absolute atomic E-state index is 0.981. The monoisotopic (exact) mass is 266 g/mol. The van der Waals surface area contributed by atoms with Gasteiger partial charge in [0.2, 0.25) is 0 Å². The predicted molar refractivity (Wildman–Crippen MR) is 87.1 cm³/mol. The van der Waals surface area contributed by atoms with Gasteiger partial charge in [-0.2, -0.15) is 0 Å². The number of allylic oxidation sites excluding steroid dienone is 2. The third-order valence-electron chi connectivity index (χ3n) is 2.84. The lowest BCUT2D eigenvalue weighted by atomic mass is 10.1. The Kier molecular flexibility index (Phi) is 5.05. The van der Waals surface area contributed by atoms with Crippen molar-refractivity contribution in [2.24, 2.45) is 0 Å². The maximum atomic E-state index is 3.81. The van der Waals surface area contributed by atoms with Crippen LogP contribution in [0.2, 0.25) is 0 Å². The Hall–Kier alpha value is -1.73. The molecule has 0 fully saturated rings. The van der Waals surface area contributed by atoms with Crippen molar-refractivity contribution >= 4 is 16.7 Å². The summed E-state index contributed by atoms with van der Waals surface area (Å²) in [5, 5.41) is 0. The lowest BCUT2D eigenvalue weighted by molar-refractivity contribution is 1.42. The zero-order valence-electron chi connectivity index (χ0n) is 11.2. The van der Waals surface area contributed by atoms with Crippen molar-refractivity contribution in [1.29, 1.82) is 0 Å². The van der Waals surface area contributed by atoms with E-state index in [1.807, 2.05) is 17.8 Å². The molecule has 0 heterocycles. The van der Waals surface area contributed by atoms with E-state index >= 15 is 0 Å². The summed E-state index contributed by atoms with van der Waals surface area (Å²) in [5.74, 6) is 0.981. The van der Waals surface area contributed by atoms with Gasteiger partial charge in [-0.1, -0.05) is 72.8 Å². The second-order valence-corrected chi connectivity index (χ2v) is 5.42. The molecule has 0 N–H and O–H groups in total. The minimum Gasteiger partial charge on any atom is -0.121 e. The fourth-order valence-corrected chi connectivity index (χ4v) is 2.80. The zero-order valence-corrected chi connectivity index (χ0v) is 12.0. The number of rotatable bonds is 5. The molecule has 0 saturated heterocycles. The lowest BCUT2D eigenvalue weighted by Gasteiger charge is -2.07. The largest absolute Gasteiger partial charge is 0.121 e. The third-order valence-corrected chi connectivity index (χ3v) is 4.00. The quantitative estimate of drug-likeness (QED) is 0.648. The highest BCUT2D eigenvalue weighted by Crippen LogP contribution is 2.30. The fourth-order valence-electron chi connectivity index (χ4n) is 1.79. The van der Waals surface area contributed by atoms with Crippen LogP contribution in [0.4, 0.5) is 0 Å². The molecule has 2 rings (SSSR count). The minimum atomic E-state index is 0.981. The van der Waals surface area contributed by atoms with Crippen LogP contribution in [0.3, 0.4) is 0 Å². The van der Waals surface area contributed by atoms with Crippen LogP contribution in [0.5, 0.6) is 0 Å². The Morgan fingerprint density at radius 3 is 2.37 bits per heavy atom. The van der Waals surface area contributed by atoms with Gasteiger partial charge in [0.15, 0.2) is 0 Å². The van der Waals surface area contributed by atoms with Crippen LogP contribution in [-0.4, -0.2) is 0 Å². The van der Waals surface area contributed by atoms with E-state index in [1.54, 1.807) is 0 Å². The van der Waals surface area contributed by atoms with Gasteiger partial charge < -0.3 is 0 Å². The van der Waals surface area contributed by atoms with Crippen LogP contribution in [0.1, 0.15) is 16.7 Å². The van der Waals surface area contributed by atoms with Crippen molar-refractivity contribution in [3.05, 3.63) is 90.0 Å². The molecule has 2 aromatic carbocycles. The summed E-state index contributed by atoms with van der Waals surface area (Å²) >= 11 is 1.85. The van der Waals surface area contributed by atoms with E-state index in [4.69, 9.17) is 0 Å². The van der Waals surface area contributed by atoms with Gasteiger partial charge in [-0.15, -0.1) is 11.8 Å². The molecule has 0 aromatic heterocycles. The molecule has 2 aromatic rings. The Bertz CT molecular complexity index is 550. The first-order chi connectivity index (χ1) is 9.29. The van der Waals surface area contributed by atoms with Crippen LogP contribution in [-0.2, 0) is 5.75 Å². The molecule has 0 saturated carbocycles. The second-order valence-electron chi connectivity index (χ2n) is 4.41. The first-order valence-electron chi connectivity index (χ1n) is 6.36. The number of hydrogen-bond acceptors (Lipinski definition) is 1. The maximum absolute atomic E-state index is 3.81. The number of hydrogen-bond donors (Lipinski definition) is 0. The topological polar surface area (TPSA) is 0 Å². The molecule has 0 atom stereocenters. The average Bonchev–Trinajstić information content (AvgIpc) is 2.46. The summed E-state index contributed by atoms with van der Waals surface area (Å²) in [4.78, 5) is 1.26. The van der Waals surface area contributed by atoms with Crippen LogP contribution in [0.25, 0.3) is 4.91 Å². The van der Waals surface area contributed by atoms with Crippen molar-refractivity contribution in [1.82, 2.24) is 0 Å². The van der Waals surface area contributed by atoms with Crippen LogP contribution < -0.4 is 0 Å². The molecule has 0 nitrogen and oxygen atoms in total. The molecular weight excluding hydrogens is 248 g/mol. The van der Waals surface area contributed by atoms with E-state index in [0.29, 0.717) is 0 Å². The highest BCUT2D eigenvalue weighted by atomic mass is 32.2. The van der Waals surface area contributed by atoms with Gasteiger partial charge in [0, 0.05) is 10.7 Å². The molecule has 19 heavy (non-hydrogen) atoms. The lowest BCUT2D eigenvalue weighted by Crippen LogP contribution is -1.84. The van der Waals surface area contributed by atoms with Gasteiger partial charge in [-0.3, -0.25) is 0 Å². The molecule has 0 radical (unpaired) electrons. The first kappa shape index (κ1) is 13.7. The Balaban J connectivity index is 2.11. The van der Waals surface area contributed by atoms with E-state index in [2.05, 4.69) is 74.2 Å². The highest BCUT2D eigenvalue weighted by molar-refractivity contribution is 8.07. The molecule has 1 heteroatoms.